The second-order valence-electron chi connectivity index (χ2n) is 9.12. The number of phenols is 1. The van der Waals surface area contributed by atoms with Crippen molar-refractivity contribution in [3.05, 3.63) is 28.8 Å². The van der Waals surface area contributed by atoms with Gasteiger partial charge in [0.1, 0.15) is 5.75 Å². The lowest BCUT2D eigenvalue weighted by Gasteiger charge is -2.48. The molecule has 0 radical (unpaired) electrons. The fourth-order valence-electron chi connectivity index (χ4n) is 5.39. The number of nitrogens with one attached hydrogen (secondary N) is 1. The normalized spacial score (nSPS) is 30.0. The van der Waals surface area contributed by atoms with Crippen LogP contribution in [0.25, 0.3) is 0 Å². The molecule has 0 heterocycles. The summed E-state index contributed by atoms with van der Waals surface area (Å²) in [6.45, 7) is -0.187. The lowest BCUT2D eigenvalue weighted by Crippen LogP contribution is -2.68. The Bertz CT molecular complexity index is 1370. The van der Waals surface area contributed by atoms with E-state index in [1.54, 1.807) is 0 Å². The van der Waals surface area contributed by atoms with Gasteiger partial charge in [0.2, 0.25) is 15.9 Å². The highest BCUT2D eigenvalue weighted by molar-refractivity contribution is 7.88. The number of benzene rings is 1. The largest absolute Gasteiger partial charge is 0.507 e. The van der Waals surface area contributed by atoms with Gasteiger partial charge in [-0.1, -0.05) is 11.8 Å². The van der Waals surface area contributed by atoms with E-state index in [1.807, 2.05) is 0 Å². The average molecular weight is 503 g/mol. The molecule has 1 aromatic rings. The number of rotatable bonds is 3. The van der Waals surface area contributed by atoms with Crippen LogP contribution in [0.3, 0.4) is 0 Å². The van der Waals surface area contributed by atoms with Gasteiger partial charge in [0.05, 0.1) is 24.3 Å². The third-order valence-electron chi connectivity index (χ3n) is 6.93. The molecule has 0 spiro atoms. The molecule has 2 saturated carbocycles. The third-order valence-corrected chi connectivity index (χ3v) is 7.60. The Morgan fingerprint density at radius 1 is 1.20 bits per heavy atom. The fraction of sp³-hybridized carbons (Fsp3) is 0.435. The van der Waals surface area contributed by atoms with E-state index in [9.17, 15) is 42.6 Å². The molecule has 3 aliphatic carbocycles. The maximum absolute atomic E-state index is 13.4. The van der Waals surface area contributed by atoms with E-state index in [0.29, 0.717) is 11.1 Å². The molecule has 0 bridgehead atoms. The van der Waals surface area contributed by atoms with Crippen LogP contribution in [0.15, 0.2) is 12.1 Å². The quantitative estimate of drug-likeness (QED) is 0.273. The van der Waals surface area contributed by atoms with Crippen molar-refractivity contribution in [3.8, 4) is 17.6 Å². The van der Waals surface area contributed by atoms with Gasteiger partial charge in [0, 0.05) is 17.9 Å². The number of aromatic hydroxyl groups is 1. The molecular formula is C23H22N2O9S. The summed E-state index contributed by atoms with van der Waals surface area (Å²) >= 11 is 0. The minimum atomic E-state index is -3.46. The number of primary amides is 1. The van der Waals surface area contributed by atoms with Gasteiger partial charge in [-0.25, -0.2) is 13.1 Å². The highest BCUT2D eigenvalue weighted by atomic mass is 32.2. The summed E-state index contributed by atoms with van der Waals surface area (Å²) in [6, 6.07) is 2.67. The molecule has 0 aromatic heterocycles. The number of ketones is 4. The van der Waals surface area contributed by atoms with Crippen LogP contribution in [0.1, 0.15) is 34.3 Å². The number of hydrogen-bond acceptors (Lipinski definition) is 9. The van der Waals surface area contributed by atoms with Crippen LogP contribution in [0.4, 0.5) is 0 Å². The van der Waals surface area contributed by atoms with Crippen molar-refractivity contribution in [1.29, 1.82) is 0 Å². The van der Waals surface area contributed by atoms with Crippen molar-refractivity contribution in [2.24, 2.45) is 29.4 Å². The molecule has 0 saturated heterocycles. The number of aliphatic hydroxyl groups is 1. The van der Waals surface area contributed by atoms with E-state index in [0.717, 1.165) is 6.26 Å². The Morgan fingerprint density at radius 2 is 1.89 bits per heavy atom. The second kappa shape index (κ2) is 8.37. The molecule has 2 fully saturated rings. The van der Waals surface area contributed by atoms with Gasteiger partial charge in [-0.05, 0) is 36.5 Å². The van der Waals surface area contributed by atoms with E-state index in [4.69, 9.17) is 5.73 Å². The Hall–Kier alpha value is -3.40. The van der Waals surface area contributed by atoms with Crippen molar-refractivity contribution in [1.82, 2.24) is 4.72 Å². The summed E-state index contributed by atoms with van der Waals surface area (Å²) < 4.78 is 24.6. The number of amides is 1. The molecule has 184 valence electrons. The van der Waals surface area contributed by atoms with Gasteiger partial charge >= 0.3 is 0 Å². The van der Waals surface area contributed by atoms with Crippen LogP contribution in [-0.2, 0) is 35.6 Å². The first-order valence-electron chi connectivity index (χ1n) is 10.7. The first kappa shape index (κ1) is 24.7. The minimum absolute atomic E-state index is 0.0286. The van der Waals surface area contributed by atoms with Crippen molar-refractivity contribution < 1.29 is 42.6 Å². The highest BCUT2D eigenvalue weighted by Gasteiger charge is 2.66. The van der Waals surface area contributed by atoms with E-state index in [-0.39, 0.29) is 24.9 Å². The lowest BCUT2D eigenvalue weighted by atomic mass is 9.53. The van der Waals surface area contributed by atoms with Gasteiger partial charge in [-0.2, -0.15) is 0 Å². The molecule has 11 nitrogen and oxygen atoms in total. The van der Waals surface area contributed by atoms with E-state index in [2.05, 4.69) is 16.6 Å². The van der Waals surface area contributed by atoms with Crippen LogP contribution in [-0.4, -0.2) is 66.1 Å². The fourth-order valence-corrected chi connectivity index (χ4v) is 5.73. The number of phenolic OH excluding ortho intramolecular Hbond substituents is 1. The van der Waals surface area contributed by atoms with Gasteiger partial charge in [-0.3, -0.25) is 24.0 Å². The number of hydrogen-bond donors (Lipinski definition) is 4. The predicted molar refractivity (Wildman–Crippen MR) is 118 cm³/mol. The second-order valence-corrected chi connectivity index (χ2v) is 11.0. The zero-order valence-corrected chi connectivity index (χ0v) is 19.3. The molecule has 1 aromatic carbocycles. The van der Waals surface area contributed by atoms with Crippen LogP contribution < -0.4 is 10.5 Å². The number of carbonyl (C=O) groups excluding carboxylic acids is 5. The predicted octanol–water partition coefficient (Wildman–Crippen LogP) is -1.77. The average Bonchev–Trinajstić information content (AvgIpc) is 2.74. The van der Waals surface area contributed by atoms with Crippen molar-refractivity contribution >= 4 is 39.1 Å². The number of sulfonamides is 1. The van der Waals surface area contributed by atoms with Gasteiger partial charge in [0.15, 0.2) is 34.7 Å². The molecule has 5 N–H and O–H groups in total. The molecule has 1 amide bonds. The first-order valence-corrected chi connectivity index (χ1v) is 12.6. The molecule has 4 rings (SSSR count). The van der Waals surface area contributed by atoms with Crippen LogP contribution in [0.5, 0.6) is 5.75 Å². The number of Topliss-reactive ketones (excluding diaryl/α,β-unsaturated/α-hetero) is 4. The topological polar surface area (TPSA) is 198 Å². The van der Waals surface area contributed by atoms with Gasteiger partial charge in [0.25, 0.3) is 0 Å². The van der Waals surface area contributed by atoms with Crippen molar-refractivity contribution in [2.45, 2.75) is 24.9 Å². The van der Waals surface area contributed by atoms with E-state index >= 15 is 0 Å². The Morgan fingerprint density at radius 3 is 2.51 bits per heavy atom. The standard InChI is InChI=1S/C23H22N2O9S/c1-35(33,34)25-6-2-3-10-4-5-14(26)17-13(10)8-11-7-12-9-15(27)18(22(24)31)21(30)23(12,32)20(29)16(11)19(17)28/h4-5,11-12,16,18,25-26,32H,6-9H2,1H3,(H2,24,31)/t11-,12+,16?,18?,23+/m1/s1. The zero-order valence-electron chi connectivity index (χ0n) is 18.5. The summed E-state index contributed by atoms with van der Waals surface area (Å²) in [5.74, 6) is -5.52. The molecule has 12 heteroatoms. The van der Waals surface area contributed by atoms with Gasteiger partial charge in [-0.15, -0.1) is 0 Å². The summed E-state index contributed by atoms with van der Waals surface area (Å²) in [7, 11) is -3.46. The van der Waals surface area contributed by atoms with Crippen molar-refractivity contribution in [2.75, 3.05) is 12.8 Å². The Labute approximate surface area is 200 Å². The van der Waals surface area contributed by atoms with Crippen LogP contribution in [0.2, 0.25) is 0 Å². The lowest BCUT2D eigenvalue weighted by molar-refractivity contribution is -0.175. The molecular weight excluding hydrogens is 480 g/mol. The van der Waals surface area contributed by atoms with Crippen molar-refractivity contribution in [3.63, 3.8) is 0 Å². The molecule has 35 heavy (non-hydrogen) atoms. The summed E-state index contributed by atoms with van der Waals surface area (Å²) in [5.41, 5.74) is 2.98. The first-order chi connectivity index (χ1) is 16.3. The molecule has 2 unspecified atom stereocenters. The maximum atomic E-state index is 13.4. The zero-order chi connectivity index (χ0) is 25.9. The Kier molecular flexibility index (Phi) is 5.91. The highest BCUT2D eigenvalue weighted by Crippen LogP contribution is 2.50. The minimum Gasteiger partial charge on any atom is -0.507 e. The van der Waals surface area contributed by atoms with E-state index < -0.39 is 80.5 Å². The smallest absolute Gasteiger partial charge is 0.235 e. The Balaban J connectivity index is 1.73. The maximum Gasteiger partial charge on any atom is 0.235 e. The number of carbonyl (C=O) groups is 5. The van der Waals surface area contributed by atoms with E-state index in [1.165, 1.54) is 12.1 Å². The molecule has 3 aliphatic rings. The number of fused-ring (bicyclic) bond motifs is 3. The van der Waals surface area contributed by atoms with Gasteiger partial charge < -0.3 is 15.9 Å². The molecule has 0 aliphatic heterocycles. The number of nitrogens with two attached hydrogens (primary N) is 1. The van der Waals surface area contributed by atoms with Crippen LogP contribution >= 0.6 is 0 Å². The monoisotopic (exact) mass is 502 g/mol. The summed E-state index contributed by atoms with van der Waals surface area (Å²) in [6.07, 6.45) is 0.613. The van der Waals surface area contributed by atoms with Crippen LogP contribution in [0, 0.1) is 35.5 Å². The summed E-state index contributed by atoms with van der Waals surface area (Å²) in [4.78, 5) is 63.7. The molecule has 5 atom stereocenters. The SMILES string of the molecule is CS(=O)(=O)NCC#Cc1ccc(O)c2c1C[C@H]1C[C@H]3CC(=O)C(C(N)=O)C(=O)[C@@]3(O)C(=O)C1C2=O. The third kappa shape index (κ3) is 3.95. The summed E-state index contributed by atoms with van der Waals surface area (Å²) in [5, 5.41) is 21.5.